The molecule has 9 nitrogen and oxygen atoms in total. The molecule has 0 spiro atoms. The van der Waals surface area contributed by atoms with Gasteiger partial charge in [0.15, 0.2) is 5.82 Å². The van der Waals surface area contributed by atoms with Crippen molar-refractivity contribution in [3.05, 3.63) is 75.8 Å². The number of ether oxygens (including phenoxy) is 3. The summed E-state index contributed by atoms with van der Waals surface area (Å²) < 4.78 is 32.6. The number of fused-ring (bicyclic) bond motifs is 2. The predicted octanol–water partition coefficient (Wildman–Crippen LogP) is 5.20. The summed E-state index contributed by atoms with van der Waals surface area (Å²) in [6.45, 7) is 1.39. The maximum absolute atomic E-state index is 15.3. The summed E-state index contributed by atoms with van der Waals surface area (Å²) in [5.74, 6) is -1.55. The molecule has 1 N–H and O–H groups in total. The Morgan fingerprint density at radius 2 is 1.92 bits per heavy atom. The van der Waals surface area contributed by atoms with Crippen molar-refractivity contribution >= 4 is 40.8 Å². The third kappa shape index (κ3) is 5.60. The fourth-order valence-electron chi connectivity index (χ4n) is 4.55. The van der Waals surface area contributed by atoms with Crippen molar-refractivity contribution in [3.8, 4) is 11.9 Å². The molecule has 12 heteroatoms. The van der Waals surface area contributed by atoms with Crippen molar-refractivity contribution in [2.75, 3.05) is 31.6 Å². The van der Waals surface area contributed by atoms with Crippen molar-refractivity contribution in [2.45, 2.75) is 12.7 Å². The van der Waals surface area contributed by atoms with E-state index in [-0.39, 0.29) is 35.2 Å². The molecule has 2 saturated heterocycles. The molecule has 0 saturated carbocycles. The van der Waals surface area contributed by atoms with Crippen molar-refractivity contribution in [2.24, 2.45) is 11.8 Å². The summed E-state index contributed by atoms with van der Waals surface area (Å²) in [5, 5.41) is 12.6. The van der Waals surface area contributed by atoms with Gasteiger partial charge in [0.25, 0.3) is 5.88 Å². The zero-order chi connectivity index (χ0) is 26.6. The molecule has 3 heterocycles. The van der Waals surface area contributed by atoms with E-state index in [1.54, 1.807) is 35.2 Å². The molecular formula is C26H22Cl2FN5O4. The van der Waals surface area contributed by atoms with Crippen LogP contribution >= 0.6 is 23.2 Å². The van der Waals surface area contributed by atoms with Crippen LogP contribution in [-0.2, 0) is 16.1 Å². The number of halogens is 3. The molecule has 2 bridgehead atoms. The van der Waals surface area contributed by atoms with E-state index in [1.807, 2.05) is 12.1 Å². The van der Waals surface area contributed by atoms with E-state index in [2.05, 4.69) is 15.3 Å². The van der Waals surface area contributed by atoms with Crippen LogP contribution in [0.4, 0.5) is 20.7 Å². The van der Waals surface area contributed by atoms with Crippen LogP contribution in [-0.4, -0.2) is 53.4 Å². The summed E-state index contributed by atoms with van der Waals surface area (Å²) in [6, 6.07) is 13.7. The highest BCUT2D eigenvalue weighted by atomic mass is 35.5. The Balaban J connectivity index is 1.25. The SMILES string of the molecule is N#Cc1ccc(Nc2ncnc(OC3C4COCC3CN(C(=O)OCc3ccccc3Cl)C4)c2F)c(Cl)c1. The van der Waals surface area contributed by atoms with E-state index in [9.17, 15) is 4.79 Å². The van der Waals surface area contributed by atoms with Gasteiger partial charge in [-0.3, -0.25) is 0 Å². The second kappa shape index (κ2) is 11.4. The fourth-order valence-corrected chi connectivity index (χ4v) is 4.97. The maximum Gasteiger partial charge on any atom is 0.410 e. The second-order valence-electron chi connectivity index (χ2n) is 8.96. The Hall–Kier alpha value is -3.65. The number of carbonyl (C=O) groups excluding carboxylic acids is 1. The minimum atomic E-state index is -0.784. The van der Waals surface area contributed by atoms with Gasteiger partial charge in [0.2, 0.25) is 5.82 Å². The van der Waals surface area contributed by atoms with Crippen molar-refractivity contribution in [1.82, 2.24) is 14.9 Å². The van der Waals surface area contributed by atoms with Gasteiger partial charge >= 0.3 is 6.09 Å². The molecule has 3 aromatic rings. The van der Waals surface area contributed by atoms with E-state index in [0.717, 1.165) is 5.56 Å². The second-order valence-corrected chi connectivity index (χ2v) is 9.78. The Kier molecular flexibility index (Phi) is 7.79. The number of carbonyl (C=O) groups is 1. The summed E-state index contributed by atoms with van der Waals surface area (Å²) in [4.78, 5) is 22.4. The average Bonchev–Trinajstić information content (AvgIpc) is 2.91. The van der Waals surface area contributed by atoms with E-state index in [1.165, 1.54) is 12.4 Å². The number of hydrogen-bond acceptors (Lipinski definition) is 8. The van der Waals surface area contributed by atoms with Gasteiger partial charge in [0.05, 0.1) is 35.6 Å². The molecule has 5 rings (SSSR count). The number of nitrogens with one attached hydrogen (secondary N) is 1. The van der Waals surface area contributed by atoms with Gasteiger partial charge in [-0.25, -0.2) is 9.78 Å². The van der Waals surface area contributed by atoms with Gasteiger partial charge in [-0.05, 0) is 24.3 Å². The topological polar surface area (TPSA) is 110 Å². The molecule has 2 fully saturated rings. The molecule has 2 aliphatic rings. The van der Waals surface area contributed by atoms with E-state index < -0.39 is 18.0 Å². The highest BCUT2D eigenvalue weighted by molar-refractivity contribution is 6.33. The first-order valence-corrected chi connectivity index (χ1v) is 12.5. The summed E-state index contributed by atoms with van der Waals surface area (Å²) in [7, 11) is 0. The summed E-state index contributed by atoms with van der Waals surface area (Å²) in [5.41, 5.74) is 1.47. The quantitative estimate of drug-likeness (QED) is 0.440. The van der Waals surface area contributed by atoms with Crippen LogP contribution < -0.4 is 10.1 Å². The number of rotatable bonds is 6. The van der Waals surface area contributed by atoms with E-state index in [4.69, 9.17) is 42.7 Å². The summed E-state index contributed by atoms with van der Waals surface area (Å²) in [6.07, 6.45) is 0.303. The minimum absolute atomic E-state index is 0.0615. The first-order chi connectivity index (χ1) is 18.4. The van der Waals surface area contributed by atoms with Gasteiger partial charge in [-0.2, -0.15) is 14.6 Å². The van der Waals surface area contributed by atoms with Crippen LogP contribution in [0.25, 0.3) is 0 Å². The van der Waals surface area contributed by atoms with Gasteiger partial charge in [0, 0.05) is 35.5 Å². The Morgan fingerprint density at radius 1 is 1.16 bits per heavy atom. The third-order valence-electron chi connectivity index (χ3n) is 6.43. The lowest BCUT2D eigenvalue weighted by molar-refractivity contribution is -0.111. The lowest BCUT2D eigenvalue weighted by Crippen LogP contribution is -2.58. The van der Waals surface area contributed by atoms with Gasteiger partial charge in [-0.1, -0.05) is 41.4 Å². The van der Waals surface area contributed by atoms with Gasteiger partial charge in [0.1, 0.15) is 19.0 Å². The Labute approximate surface area is 228 Å². The lowest BCUT2D eigenvalue weighted by Gasteiger charge is -2.45. The number of nitrogens with zero attached hydrogens (tertiary/aromatic N) is 4. The normalized spacial score (nSPS) is 20.4. The minimum Gasteiger partial charge on any atom is -0.471 e. The van der Waals surface area contributed by atoms with Crippen LogP contribution in [0.15, 0.2) is 48.8 Å². The van der Waals surface area contributed by atoms with Crippen LogP contribution in [0, 0.1) is 29.0 Å². The largest absolute Gasteiger partial charge is 0.471 e. The zero-order valence-corrected chi connectivity index (χ0v) is 21.5. The molecule has 38 heavy (non-hydrogen) atoms. The summed E-state index contributed by atoms with van der Waals surface area (Å²) >= 11 is 12.4. The van der Waals surface area contributed by atoms with Gasteiger partial charge < -0.3 is 24.4 Å². The standard InChI is InChI=1S/C26H22Cl2FN5O4/c27-19-4-2-1-3-16(19)13-37-26(35)34-9-17-11-36-12-18(10-34)23(17)38-25-22(29)24(31-14-32-25)33-21-6-5-15(8-30)7-20(21)28/h1-7,14,17-18,23H,9-13H2,(H,31,32,33). The number of anilines is 2. The molecule has 2 atom stereocenters. The number of aromatic nitrogens is 2. The molecule has 2 unspecified atom stereocenters. The maximum atomic E-state index is 15.3. The number of hydrogen-bond donors (Lipinski definition) is 1. The first kappa shape index (κ1) is 26.0. The number of nitriles is 1. The van der Waals surface area contributed by atoms with Crippen LogP contribution in [0.5, 0.6) is 5.88 Å². The lowest BCUT2D eigenvalue weighted by atomic mass is 9.84. The molecular weight excluding hydrogens is 536 g/mol. The highest BCUT2D eigenvalue weighted by Crippen LogP contribution is 2.34. The van der Waals surface area contributed by atoms with Crippen LogP contribution in [0.2, 0.25) is 10.0 Å². The average molecular weight is 558 g/mol. The molecule has 2 aromatic carbocycles. The number of benzene rings is 2. The highest BCUT2D eigenvalue weighted by Gasteiger charge is 2.44. The van der Waals surface area contributed by atoms with Crippen molar-refractivity contribution in [3.63, 3.8) is 0 Å². The number of amides is 1. The molecule has 0 aliphatic carbocycles. The Bertz CT molecular complexity index is 1370. The number of piperidine rings is 1. The van der Waals surface area contributed by atoms with Gasteiger partial charge in [-0.15, -0.1) is 0 Å². The third-order valence-corrected chi connectivity index (χ3v) is 7.11. The number of likely N-dealkylation sites (tertiary alicyclic amines) is 1. The van der Waals surface area contributed by atoms with Crippen LogP contribution in [0.1, 0.15) is 11.1 Å². The van der Waals surface area contributed by atoms with E-state index >= 15 is 4.39 Å². The molecule has 1 aromatic heterocycles. The molecule has 196 valence electrons. The zero-order valence-electron chi connectivity index (χ0n) is 19.9. The molecule has 0 radical (unpaired) electrons. The predicted molar refractivity (Wildman–Crippen MR) is 137 cm³/mol. The van der Waals surface area contributed by atoms with E-state index in [0.29, 0.717) is 42.6 Å². The fraction of sp³-hybridized carbons (Fsp3) is 0.308. The van der Waals surface area contributed by atoms with Crippen molar-refractivity contribution < 1.29 is 23.4 Å². The molecule has 2 aliphatic heterocycles. The smallest absolute Gasteiger partial charge is 0.410 e. The van der Waals surface area contributed by atoms with Crippen molar-refractivity contribution in [1.29, 1.82) is 5.26 Å². The Morgan fingerprint density at radius 3 is 2.63 bits per heavy atom. The van der Waals surface area contributed by atoms with Crippen LogP contribution in [0.3, 0.4) is 0 Å². The molecule has 1 amide bonds. The monoisotopic (exact) mass is 557 g/mol. The first-order valence-electron chi connectivity index (χ1n) is 11.8.